The van der Waals surface area contributed by atoms with E-state index in [0.29, 0.717) is 11.4 Å². The zero-order valence-corrected chi connectivity index (χ0v) is 15.7. The lowest BCUT2D eigenvalue weighted by Gasteiger charge is -2.26. The predicted molar refractivity (Wildman–Crippen MR) is 112 cm³/mol. The second kappa shape index (κ2) is 8.19. The van der Waals surface area contributed by atoms with E-state index in [4.69, 9.17) is 11.1 Å². The highest BCUT2D eigenvalue weighted by molar-refractivity contribution is 6.12. The first-order chi connectivity index (χ1) is 12.5. The zero-order valence-electron chi connectivity index (χ0n) is 15.7. The lowest BCUT2D eigenvalue weighted by molar-refractivity contribution is 0.360. The van der Waals surface area contributed by atoms with Crippen molar-refractivity contribution in [2.45, 2.75) is 13.3 Å². The SMILES string of the molecule is Cc1cc(C(=N)/C=C/c2ccccc2)c(N)cc1N1CCCN(C)CC1. The lowest BCUT2D eigenvalue weighted by Crippen LogP contribution is -2.29. The molecule has 2 aromatic rings. The highest BCUT2D eigenvalue weighted by Crippen LogP contribution is 2.28. The first kappa shape index (κ1) is 18.2. The normalized spacial score (nSPS) is 16.0. The quantitative estimate of drug-likeness (QED) is 0.653. The second-order valence-corrected chi connectivity index (χ2v) is 7.03. The second-order valence-electron chi connectivity index (χ2n) is 7.03. The molecule has 1 aliphatic rings. The van der Waals surface area contributed by atoms with Crippen LogP contribution in [0.3, 0.4) is 0 Å². The van der Waals surface area contributed by atoms with Crippen LogP contribution in [0.1, 0.15) is 23.1 Å². The van der Waals surface area contributed by atoms with Gasteiger partial charge in [0.2, 0.25) is 0 Å². The maximum atomic E-state index is 8.41. The molecule has 1 heterocycles. The Morgan fingerprint density at radius 1 is 1.08 bits per heavy atom. The maximum absolute atomic E-state index is 8.41. The van der Waals surface area contributed by atoms with Gasteiger partial charge >= 0.3 is 0 Å². The van der Waals surface area contributed by atoms with Crippen LogP contribution in [0.4, 0.5) is 11.4 Å². The van der Waals surface area contributed by atoms with Gasteiger partial charge in [-0.05, 0) is 56.3 Å². The molecule has 0 atom stereocenters. The number of hydrogen-bond donors (Lipinski definition) is 2. The van der Waals surface area contributed by atoms with Crippen molar-refractivity contribution in [3.05, 3.63) is 65.2 Å². The van der Waals surface area contributed by atoms with Crippen molar-refractivity contribution in [2.75, 3.05) is 43.9 Å². The summed E-state index contributed by atoms with van der Waals surface area (Å²) in [7, 11) is 2.17. The van der Waals surface area contributed by atoms with Crippen molar-refractivity contribution < 1.29 is 0 Å². The number of allylic oxidation sites excluding steroid dienone is 1. The van der Waals surface area contributed by atoms with E-state index in [1.807, 2.05) is 48.6 Å². The van der Waals surface area contributed by atoms with Crippen LogP contribution < -0.4 is 10.6 Å². The molecule has 26 heavy (non-hydrogen) atoms. The van der Waals surface area contributed by atoms with Crippen LogP contribution in [0, 0.1) is 12.3 Å². The van der Waals surface area contributed by atoms with Crippen molar-refractivity contribution >= 4 is 23.2 Å². The molecular formula is C22H28N4. The molecule has 2 aromatic carbocycles. The Morgan fingerprint density at radius 2 is 1.85 bits per heavy atom. The van der Waals surface area contributed by atoms with E-state index in [1.165, 1.54) is 11.3 Å². The van der Waals surface area contributed by atoms with E-state index in [0.717, 1.165) is 43.7 Å². The third-order valence-corrected chi connectivity index (χ3v) is 4.96. The number of hydrogen-bond acceptors (Lipinski definition) is 4. The summed E-state index contributed by atoms with van der Waals surface area (Å²) < 4.78 is 0. The fourth-order valence-electron chi connectivity index (χ4n) is 3.41. The number of anilines is 2. The minimum absolute atomic E-state index is 0.441. The van der Waals surface area contributed by atoms with Gasteiger partial charge in [-0.15, -0.1) is 0 Å². The van der Waals surface area contributed by atoms with Gasteiger partial charge in [0.25, 0.3) is 0 Å². The van der Waals surface area contributed by atoms with Gasteiger partial charge in [0.1, 0.15) is 0 Å². The number of likely N-dealkylation sites (N-methyl/N-ethyl adjacent to an activating group) is 1. The van der Waals surface area contributed by atoms with Crippen LogP contribution in [0.5, 0.6) is 0 Å². The fourth-order valence-corrected chi connectivity index (χ4v) is 3.41. The molecule has 0 aliphatic carbocycles. The Balaban J connectivity index is 1.80. The number of benzene rings is 2. The summed E-state index contributed by atoms with van der Waals surface area (Å²) in [5.41, 5.74) is 11.7. The Morgan fingerprint density at radius 3 is 2.62 bits per heavy atom. The van der Waals surface area contributed by atoms with Gasteiger partial charge in [0.15, 0.2) is 0 Å². The molecule has 1 fully saturated rings. The van der Waals surface area contributed by atoms with Crippen LogP contribution >= 0.6 is 0 Å². The van der Waals surface area contributed by atoms with Gasteiger partial charge in [-0.3, -0.25) is 0 Å². The van der Waals surface area contributed by atoms with E-state index in [2.05, 4.69) is 29.8 Å². The zero-order chi connectivity index (χ0) is 18.5. The van der Waals surface area contributed by atoms with Crippen LogP contribution in [-0.2, 0) is 0 Å². The van der Waals surface area contributed by atoms with Gasteiger partial charge in [-0.25, -0.2) is 0 Å². The van der Waals surface area contributed by atoms with Crippen molar-refractivity contribution in [3.8, 4) is 0 Å². The molecule has 1 saturated heterocycles. The Hall–Kier alpha value is -2.59. The van der Waals surface area contributed by atoms with Crippen molar-refractivity contribution in [1.82, 2.24) is 4.90 Å². The first-order valence-corrected chi connectivity index (χ1v) is 9.20. The van der Waals surface area contributed by atoms with E-state index in [9.17, 15) is 0 Å². The van der Waals surface area contributed by atoms with Crippen molar-refractivity contribution in [1.29, 1.82) is 5.41 Å². The molecule has 3 rings (SSSR count). The number of rotatable bonds is 4. The average molecular weight is 348 g/mol. The molecule has 0 aromatic heterocycles. The summed E-state index contributed by atoms with van der Waals surface area (Å²) in [6.07, 6.45) is 4.93. The summed E-state index contributed by atoms with van der Waals surface area (Å²) in [5.74, 6) is 0. The van der Waals surface area contributed by atoms with Crippen LogP contribution in [0.15, 0.2) is 48.5 Å². The van der Waals surface area contributed by atoms with Gasteiger partial charge in [-0.1, -0.05) is 36.4 Å². The van der Waals surface area contributed by atoms with Crippen molar-refractivity contribution in [2.24, 2.45) is 0 Å². The predicted octanol–water partition coefficient (Wildman–Crippen LogP) is 3.80. The Bertz CT molecular complexity index is 795. The van der Waals surface area contributed by atoms with Crippen molar-refractivity contribution in [3.63, 3.8) is 0 Å². The topological polar surface area (TPSA) is 56.4 Å². The molecule has 0 radical (unpaired) electrons. The first-order valence-electron chi connectivity index (χ1n) is 9.20. The summed E-state index contributed by atoms with van der Waals surface area (Å²) in [6.45, 7) is 6.38. The largest absolute Gasteiger partial charge is 0.398 e. The van der Waals surface area contributed by atoms with Crippen LogP contribution in [-0.4, -0.2) is 43.8 Å². The average Bonchev–Trinajstić information content (AvgIpc) is 2.86. The minimum atomic E-state index is 0.441. The van der Waals surface area contributed by atoms with Gasteiger partial charge in [0.05, 0.1) is 5.71 Å². The van der Waals surface area contributed by atoms with E-state index >= 15 is 0 Å². The molecule has 0 spiro atoms. The third kappa shape index (κ3) is 4.33. The molecular weight excluding hydrogens is 320 g/mol. The van der Waals surface area contributed by atoms with Crippen LogP contribution in [0.25, 0.3) is 6.08 Å². The number of nitrogens with one attached hydrogen (secondary N) is 1. The third-order valence-electron chi connectivity index (χ3n) is 4.96. The van der Waals surface area contributed by atoms with Gasteiger partial charge in [-0.2, -0.15) is 0 Å². The summed E-state index contributed by atoms with van der Waals surface area (Å²) in [6, 6.07) is 14.1. The molecule has 4 nitrogen and oxygen atoms in total. The van der Waals surface area contributed by atoms with E-state index in [1.54, 1.807) is 0 Å². The minimum Gasteiger partial charge on any atom is -0.398 e. The molecule has 0 amide bonds. The summed E-state index contributed by atoms with van der Waals surface area (Å²) in [4.78, 5) is 4.79. The monoisotopic (exact) mass is 348 g/mol. The number of nitrogen functional groups attached to an aromatic ring is 1. The van der Waals surface area contributed by atoms with Gasteiger partial charge in [0, 0.05) is 36.6 Å². The van der Waals surface area contributed by atoms with Gasteiger partial charge < -0.3 is 20.9 Å². The van der Waals surface area contributed by atoms with E-state index in [-0.39, 0.29) is 0 Å². The smallest absolute Gasteiger partial charge is 0.0633 e. The summed E-state index contributed by atoms with van der Waals surface area (Å²) >= 11 is 0. The number of nitrogens with two attached hydrogens (primary N) is 1. The number of nitrogens with zero attached hydrogens (tertiary/aromatic N) is 2. The molecule has 0 saturated carbocycles. The highest BCUT2D eigenvalue weighted by atomic mass is 15.2. The maximum Gasteiger partial charge on any atom is 0.0633 e. The summed E-state index contributed by atoms with van der Waals surface area (Å²) in [5, 5.41) is 8.41. The Kier molecular flexibility index (Phi) is 5.74. The molecule has 4 heteroatoms. The number of aryl methyl sites for hydroxylation is 1. The standard InChI is InChI=1S/C22H28N4/c1-17-15-19(20(23)10-9-18-7-4-3-5-8-18)21(24)16-22(17)26-12-6-11-25(2)13-14-26/h3-5,7-10,15-16,23H,6,11-14,24H2,1-2H3/b10-9+,23-20?. The fraction of sp³-hybridized carbons (Fsp3) is 0.318. The molecule has 0 unspecified atom stereocenters. The molecule has 0 bridgehead atoms. The molecule has 1 aliphatic heterocycles. The molecule has 136 valence electrons. The van der Waals surface area contributed by atoms with E-state index < -0.39 is 0 Å². The van der Waals surface area contributed by atoms with Crippen LogP contribution in [0.2, 0.25) is 0 Å². The lowest BCUT2D eigenvalue weighted by atomic mass is 10.0. The molecule has 3 N–H and O–H groups in total. The Labute approximate surface area is 156 Å². The highest BCUT2D eigenvalue weighted by Gasteiger charge is 2.16.